The van der Waals surface area contributed by atoms with Crippen molar-refractivity contribution in [1.82, 2.24) is 4.90 Å². The first-order chi connectivity index (χ1) is 6.03. The van der Waals surface area contributed by atoms with E-state index in [1.165, 1.54) is 0 Å². The molecule has 1 heterocycles. The number of aldehydes is 1. The normalized spacial score (nSPS) is 29.6. The Morgan fingerprint density at radius 3 is 2.92 bits per heavy atom. The first-order valence-corrected chi connectivity index (χ1v) is 4.87. The fourth-order valence-corrected chi connectivity index (χ4v) is 2.08. The summed E-state index contributed by atoms with van der Waals surface area (Å²) in [5.74, 6) is 0. The Morgan fingerprint density at radius 1 is 1.62 bits per heavy atom. The van der Waals surface area contributed by atoms with Crippen molar-refractivity contribution in [3.63, 3.8) is 0 Å². The molecule has 0 bridgehead atoms. The highest BCUT2D eigenvalue weighted by Gasteiger charge is 2.28. The molecule has 0 amide bonds. The number of hydrogen-bond donors (Lipinski definition) is 1. The van der Waals surface area contributed by atoms with Crippen LogP contribution in [0.25, 0.3) is 0 Å². The van der Waals surface area contributed by atoms with E-state index in [-0.39, 0.29) is 11.5 Å². The zero-order valence-corrected chi connectivity index (χ0v) is 8.49. The summed E-state index contributed by atoms with van der Waals surface area (Å²) in [4.78, 5) is 12.5. The predicted octanol–water partition coefficient (Wildman–Crippen LogP) is 0.668. The van der Waals surface area contributed by atoms with Gasteiger partial charge in [-0.3, -0.25) is 4.90 Å². The van der Waals surface area contributed by atoms with Crippen LogP contribution in [0.3, 0.4) is 0 Å². The molecule has 0 aliphatic carbocycles. The van der Waals surface area contributed by atoms with Gasteiger partial charge in [0.25, 0.3) is 0 Å². The molecule has 1 aliphatic rings. The van der Waals surface area contributed by atoms with Crippen molar-refractivity contribution < 1.29 is 9.90 Å². The fourth-order valence-electron chi connectivity index (χ4n) is 2.08. The number of nitrogens with zero attached hydrogens (tertiary/aromatic N) is 1. The Bertz CT molecular complexity index is 180. The number of likely N-dealkylation sites (tertiary alicyclic amines) is 1. The quantitative estimate of drug-likeness (QED) is 0.643. The number of aliphatic hydroxyl groups is 1. The molecule has 1 N–H and O–H groups in total. The molecule has 1 fully saturated rings. The third kappa shape index (κ3) is 3.44. The van der Waals surface area contributed by atoms with Crippen molar-refractivity contribution in [3.05, 3.63) is 0 Å². The molecule has 1 atom stereocenters. The molecular weight excluding hydrogens is 166 g/mol. The first-order valence-electron chi connectivity index (χ1n) is 4.87. The van der Waals surface area contributed by atoms with Crippen molar-refractivity contribution in [2.75, 3.05) is 19.6 Å². The zero-order chi connectivity index (χ0) is 9.90. The second-order valence-corrected chi connectivity index (χ2v) is 4.71. The van der Waals surface area contributed by atoms with E-state index in [1.54, 1.807) is 0 Å². The Labute approximate surface area is 79.7 Å². The largest absolute Gasteiger partial charge is 0.393 e. The lowest BCUT2D eigenvalue weighted by Gasteiger charge is -2.28. The summed E-state index contributed by atoms with van der Waals surface area (Å²) in [6.45, 7) is 6.51. The third-order valence-corrected chi connectivity index (χ3v) is 2.55. The molecule has 0 spiro atoms. The summed E-state index contributed by atoms with van der Waals surface area (Å²) in [6.07, 6.45) is 2.36. The zero-order valence-electron chi connectivity index (χ0n) is 8.49. The highest BCUT2D eigenvalue weighted by molar-refractivity contribution is 5.51. The van der Waals surface area contributed by atoms with Crippen LogP contribution in [0.15, 0.2) is 0 Å². The number of rotatable bonds is 2. The average molecular weight is 185 g/mol. The Morgan fingerprint density at radius 2 is 2.31 bits per heavy atom. The molecule has 1 saturated heterocycles. The van der Waals surface area contributed by atoms with E-state index in [0.29, 0.717) is 6.54 Å². The van der Waals surface area contributed by atoms with E-state index in [9.17, 15) is 9.90 Å². The summed E-state index contributed by atoms with van der Waals surface area (Å²) in [5, 5.41) is 9.60. The van der Waals surface area contributed by atoms with Gasteiger partial charge in [-0.15, -0.1) is 0 Å². The number of carbonyl (C=O) groups excluding carboxylic acids is 1. The Balaban J connectivity index is 2.56. The third-order valence-electron chi connectivity index (χ3n) is 2.55. The van der Waals surface area contributed by atoms with Crippen LogP contribution in [0.4, 0.5) is 0 Å². The van der Waals surface area contributed by atoms with Gasteiger partial charge in [-0.1, -0.05) is 13.8 Å². The van der Waals surface area contributed by atoms with Gasteiger partial charge in [0.2, 0.25) is 0 Å². The minimum absolute atomic E-state index is 0.124. The first kappa shape index (κ1) is 10.7. The van der Waals surface area contributed by atoms with Gasteiger partial charge in [0, 0.05) is 13.1 Å². The van der Waals surface area contributed by atoms with Crippen LogP contribution < -0.4 is 0 Å². The van der Waals surface area contributed by atoms with Gasteiger partial charge in [-0.25, -0.2) is 0 Å². The average Bonchev–Trinajstić information content (AvgIpc) is 2.09. The van der Waals surface area contributed by atoms with Crippen LogP contribution in [-0.4, -0.2) is 42.0 Å². The number of hydrogen-bond acceptors (Lipinski definition) is 3. The van der Waals surface area contributed by atoms with Gasteiger partial charge < -0.3 is 9.90 Å². The molecule has 3 nitrogen and oxygen atoms in total. The minimum atomic E-state index is -0.202. The summed E-state index contributed by atoms with van der Waals surface area (Å²) >= 11 is 0. The van der Waals surface area contributed by atoms with Crippen molar-refractivity contribution in [1.29, 1.82) is 0 Å². The van der Waals surface area contributed by atoms with Gasteiger partial charge in [0.15, 0.2) is 0 Å². The van der Waals surface area contributed by atoms with Gasteiger partial charge in [-0.2, -0.15) is 0 Å². The molecule has 0 radical (unpaired) electrons. The predicted molar refractivity (Wildman–Crippen MR) is 51.5 cm³/mol. The van der Waals surface area contributed by atoms with Crippen LogP contribution in [0.2, 0.25) is 0 Å². The van der Waals surface area contributed by atoms with Crippen LogP contribution >= 0.6 is 0 Å². The van der Waals surface area contributed by atoms with Crippen LogP contribution in [0.1, 0.15) is 26.7 Å². The molecular formula is C10H19NO2. The van der Waals surface area contributed by atoms with Crippen LogP contribution in [0.5, 0.6) is 0 Å². The molecule has 1 aliphatic heterocycles. The van der Waals surface area contributed by atoms with Crippen LogP contribution in [-0.2, 0) is 4.79 Å². The standard InChI is InChI=1S/C10H19NO2/c1-10(2)7-9(13)3-4-11(8-10)5-6-12/h6,9,13H,3-5,7-8H2,1-2H3. The monoisotopic (exact) mass is 185 g/mol. The van der Waals surface area contributed by atoms with Gasteiger partial charge >= 0.3 is 0 Å². The lowest BCUT2D eigenvalue weighted by Crippen LogP contribution is -2.33. The molecule has 1 rings (SSSR count). The van der Waals surface area contributed by atoms with Crippen molar-refractivity contribution >= 4 is 6.29 Å². The van der Waals surface area contributed by atoms with E-state index < -0.39 is 0 Å². The molecule has 0 saturated carbocycles. The maximum Gasteiger partial charge on any atom is 0.133 e. The van der Waals surface area contributed by atoms with Crippen molar-refractivity contribution in [2.24, 2.45) is 5.41 Å². The second-order valence-electron chi connectivity index (χ2n) is 4.71. The lowest BCUT2D eigenvalue weighted by atomic mass is 9.87. The maximum absolute atomic E-state index is 10.4. The number of carbonyl (C=O) groups is 1. The second kappa shape index (κ2) is 4.20. The van der Waals surface area contributed by atoms with E-state index >= 15 is 0 Å². The summed E-state index contributed by atoms with van der Waals surface area (Å²) in [6, 6.07) is 0. The minimum Gasteiger partial charge on any atom is -0.393 e. The summed E-state index contributed by atoms with van der Waals surface area (Å²) < 4.78 is 0. The molecule has 0 aromatic heterocycles. The van der Waals surface area contributed by atoms with Gasteiger partial charge in [0.05, 0.1) is 12.6 Å². The molecule has 0 aromatic rings. The smallest absolute Gasteiger partial charge is 0.133 e. The Hall–Kier alpha value is -0.410. The summed E-state index contributed by atoms with van der Waals surface area (Å²) in [7, 11) is 0. The molecule has 76 valence electrons. The molecule has 13 heavy (non-hydrogen) atoms. The topological polar surface area (TPSA) is 40.5 Å². The van der Waals surface area contributed by atoms with E-state index in [2.05, 4.69) is 18.7 Å². The SMILES string of the molecule is CC1(C)CC(O)CCN(CC=O)C1. The van der Waals surface area contributed by atoms with E-state index in [4.69, 9.17) is 0 Å². The molecule has 3 heteroatoms. The highest BCUT2D eigenvalue weighted by atomic mass is 16.3. The Kier molecular flexibility index (Phi) is 3.45. The van der Waals surface area contributed by atoms with Crippen molar-refractivity contribution in [3.8, 4) is 0 Å². The molecule has 0 aromatic carbocycles. The fraction of sp³-hybridized carbons (Fsp3) is 0.900. The maximum atomic E-state index is 10.4. The lowest BCUT2D eigenvalue weighted by molar-refractivity contribution is -0.109. The summed E-state index contributed by atoms with van der Waals surface area (Å²) in [5.41, 5.74) is 0.124. The van der Waals surface area contributed by atoms with E-state index in [1.807, 2.05) is 0 Å². The molecule has 1 unspecified atom stereocenters. The number of aliphatic hydroxyl groups excluding tert-OH is 1. The van der Waals surface area contributed by atoms with Gasteiger partial charge in [0.1, 0.15) is 6.29 Å². The van der Waals surface area contributed by atoms with Crippen LogP contribution in [0, 0.1) is 5.41 Å². The highest BCUT2D eigenvalue weighted by Crippen LogP contribution is 2.27. The van der Waals surface area contributed by atoms with Crippen molar-refractivity contribution in [2.45, 2.75) is 32.8 Å². The van der Waals surface area contributed by atoms with E-state index in [0.717, 1.165) is 32.2 Å². The van der Waals surface area contributed by atoms with Gasteiger partial charge in [-0.05, 0) is 18.3 Å².